The molecular formula is C13H17BrFNO. The molecule has 0 radical (unpaired) electrons. The molecule has 1 aromatic carbocycles. The zero-order valence-corrected chi connectivity index (χ0v) is 11.9. The standard InChI is InChI=1S/C13H17BrFNO/c1-4-9(5-2)13(17)16-12-7-11(15)10(14)6-8(12)3/h6-7,9H,4-5H2,1-3H3,(H,16,17). The molecule has 0 saturated heterocycles. The molecule has 1 N–H and O–H groups in total. The molecule has 0 saturated carbocycles. The van der Waals surface area contributed by atoms with Crippen LogP contribution in [0.1, 0.15) is 32.3 Å². The zero-order chi connectivity index (χ0) is 13.0. The Hall–Kier alpha value is -0.900. The van der Waals surface area contributed by atoms with Crippen molar-refractivity contribution in [3.8, 4) is 0 Å². The van der Waals surface area contributed by atoms with Crippen LogP contribution in [0.5, 0.6) is 0 Å². The first-order chi connectivity index (χ1) is 7.99. The summed E-state index contributed by atoms with van der Waals surface area (Å²) < 4.78 is 13.8. The summed E-state index contributed by atoms with van der Waals surface area (Å²) in [5.41, 5.74) is 1.39. The van der Waals surface area contributed by atoms with Crippen LogP contribution in [0.25, 0.3) is 0 Å². The molecule has 0 fully saturated rings. The van der Waals surface area contributed by atoms with Crippen LogP contribution in [-0.2, 0) is 4.79 Å². The van der Waals surface area contributed by atoms with E-state index < -0.39 is 0 Å². The summed E-state index contributed by atoms with van der Waals surface area (Å²) in [6.45, 7) is 5.79. The number of aryl methyl sites for hydroxylation is 1. The van der Waals surface area contributed by atoms with Gasteiger partial charge in [-0.2, -0.15) is 0 Å². The van der Waals surface area contributed by atoms with Gasteiger partial charge in [0.1, 0.15) is 5.82 Å². The monoisotopic (exact) mass is 301 g/mol. The second kappa shape index (κ2) is 6.15. The summed E-state index contributed by atoms with van der Waals surface area (Å²) in [5.74, 6) is -0.420. The molecule has 94 valence electrons. The molecule has 0 spiro atoms. The van der Waals surface area contributed by atoms with Crippen molar-refractivity contribution in [1.29, 1.82) is 0 Å². The first kappa shape index (κ1) is 14.2. The normalized spacial score (nSPS) is 10.7. The number of carbonyl (C=O) groups is 1. The Labute approximate surface area is 110 Å². The molecule has 2 nitrogen and oxygen atoms in total. The van der Waals surface area contributed by atoms with Gasteiger partial charge in [0, 0.05) is 11.6 Å². The van der Waals surface area contributed by atoms with Crippen molar-refractivity contribution >= 4 is 27.5 Å². The SMILES string of the molecule is CCC(CC)C(=O)Nc1cc(F)c(Br)cc1C. The lowest BCUT2D eigenvalue weighted by Crippen LogP contribution is -2.22. The number of nitrogens with one attached hydrogen (secondary N) is 1. The van der Waals surface area contributed by atoms with Gasteiger partial charge in [-0.25, -0.2) is 4.39 Å². The lowest BCUT2D eigenvalue weighted by atomic mass is 10.0. The fourth-order valence-electron chi connectivity index (χ4n) is 1.68. The van der Waals surface area contributed by atoms with Crippen LogP contribution in [0.3, 0.4) is 0 Å². The highest BCUT2D eigenvalue weighted by atomic mass is 79.9. The van der Waals surface area contributed by atoms with Crippen LogP contribution in [-0.4, -0.2) is 5.91 Å². The molecule has 1 aromatic rings. The Morgan fingerprint density at radius 1 is 1.41 bits per heavy atom. The third-order valence-corrected chi connectivity index (χ3v) is 3.49. The van der Waals surface area contributed by atoms with Gasteiger partial charge in [-0.15, -0.1) is 0 Å². The van der Waals surface area contributed by atoms with Crippen LogP contribution in [0.15, 0.2) is 16.6 Å². The second-order valence-electron chi connectivity index (χ2n) is 4.08. The summed E-state index contributed by atoms with van der Waals surface area (Å²) >= 11 is 3.11. The highest BCUT2D eigenvalue weighted by molar-refractivity contribution is 9.10. The summed E-state index contributed by atoms with van der Waals surface area (Å²) in [6.07, 6.45) is 1.58. The smallest absolute Gasteiger partial charge is 0.227 e. The van der Waals surface area contributed by atoms with E-state index in [-0.39, 0.29) is 17.6 Å². The summed E-state index contributed by atoms with van der Waals surface area (Å²) in [7, 11) is 0. The van der Waals surface area contributed by atoms with Gasteiger partial charge in [0.2, 0.25) is 5.91 Å². The summed E-state index contributed by atoms with van der Waals surface area (Å²) in [4.78, 5) is 11.9. The fraction of sp³-hybridized carbons (Fsp3) is 0.462. The third-order valence-electron chi connectivity index (χ3n) is 2.88. The Balaban J connectivity index is 2.88. The molecule has 0 heterocycles. The fourth-order valence-corrected chi connectivity index (χ4v) is 2.13. The predicted molar refractivity (Wildman–Crippen MR) is 71.5 cm³/mol. The second-order valence-corrected chi connectivity index (χ2v) is 4.94. The molecule has 17 heavy (non-hydrogen) atoms. The van der Waals surface area contributed by atoms with E-state index in [9.17, 15) is 9.18 Å². The molecular weight excluding hydrogens is 285 g/mol. The minimum Gasteiger partial charge on any atom is -0.326 e. The number of carbonyl (C=O) groups excluding carboxylic acids is 1. The van der Waals surface area contributed by atoms with E-state index in [1.807, 2.05) is 20.8 Å². The van der Waals surface area contributed by atoms with Crippen molar-refractivity contribution in [2.24, 2.45) is 5.92 Å². The first-order valence-electron chi connectivity index (χ1n) is 5.76. The van der Waals surface area contributed by atoms with Gasteiger partial charge >= 0.3 is 0 Å². The average Bonchev–Trinajstić information content (AvgIpc) is 2.27. The maximum Gasteiger partial charge on any atom is 0.227 e. The number of hydrogen-bond acceptors (Lipinski definition) is 1. The molecule has 0 unspecified atom stereocenters. The molecule has 0 atom stereocenters. The molecule has 1 rings (SSSR count). The maximum absolute atomic E-state index is 13.4. The molecule has 0 aliphatic heterocycles. The highest BCUT2D eigenvalue weighted by Gasteiger charge is 2.15. The minimum absolute atomic E-state index is 0.0129. The van der Waals surface area contributed by atoms with Gasteiger partial charge < -0.3 is 5.32 Å². The quantitative estimate of drug-likeness (QED) is 0.884. The lowest BCUT2D eigenvalue weighted by Gasteiger charge is -2.14. The molecule has 0 aromatic heterocycles. The Bertz CT molecular complexity index is 416. The molecule has 1 amide bonds. The van der Waals surface area contributed by atoms with Crippen LogP contribution in [0, 0.1) is 18.7 Å². The van der Waals surface area contributed by atoms with Crippen molar-refractivity contribution in [2.45, 2.75) is 33.6 Å². The van der Waals surface area contributed by atoms with Crippen LogP contribution in [0.2, 0.25) is 0 Å². The minimum atomic E-state index is -0.365. The van der Waals surface area contributed by atoms with E-state index in [4.69, 9.17) is 0 Å². The predicted octanol–water partition coefficient (Wildman–Crippen LogP) is 4.27. The zero-order valence-electron chi connectivity index (χ0n) is 10.3. The molecule has 0 aliphatic carbocycles. The van der Waals surface area contributed by atoms with Gasteiger partial charge in [-0.3, -0.25) is 4.79 Å². The number of benzene rings is 1. The first-order valence-corrected chi connectivity index (χ1v) is 6.55. The van der Waals surface area contributed by atoms with Gasteiger partial charge in [-0.1, -0.05) is 13.8 Å². The van der Waals surface area contributed by atoms with Crippen molar-refractivity contribution in [1.82, 2.24) is 0 Å². The van der Waals surface area contributed by atoms with Crippen molar-refractivity contribution in [2.75, 3.05) is 5.32 Å². The molecule has 0 bridgehead atoms. The Morgan fingerprint density at radius 2 is 2.00 bits per heavy atom. The summed E-state index contributed by atoms with van der Waals surface area (Å²) in [5, 5.41) is 2.78. The highest BCUT2D eigenvalue weighted by Crippen LogP contribution is 2.24. The summed E-state index contributed by atoms with van der Waals surface area (Å²) in [6, 6.07) is 3.01. The van der Waals surface area contributed by atoms with Crippen LogP contribution < -0.4 is 5.32 Å². The van der Waals surface area contributed by atoms with E-state index in [1.165, 1.54) is 6.07 Å². The molecule has 4 heteroatoms. The topological polar surface area (TPSA) is 29.1 Å². The van der Waals surface area contributed by atoms with Crippen molar-refractivity contribution < 1.29 is 9.18 Å². The van der Waals surface area contributed by atoms with Crippen molar-refractivity contribution in [3.63, 3.8) is 0 Å². The van der Waals surface area contributed by atoms with Crippen molar-refractivity contribution in [3.05, 3.63) is 28.0 Å². The lowest BCUT2D eigenvalue weighted by molar-refractivity contribution is -0.120. The Morgan fingerprint density at radius 3 is 2.53 bits per heavy atom. The van der Waals surface area contributed by atoms with Crippen LogP contribution >= 0.6 is 15.9 Å². The largest absolute Gasteiger partial charge is 0.326 e. The number of anilines is 1. The average molecular weight is 302 g/mol. The number of amides is 1. The third kappa shape index (κ3) is 3.53. The maximum atomic E-state index is 13.4. The molecule has 0 aliphatic rings. The van der Waals surface area contributed by atoms with Crippen LogP contribution in [0.4, 0.5) is 10.1 Å². The van der Waals surface area contributed by atoms with Gasteiger partial charge in [-0.05, 0) is 53.4 Å². The van der Waals surface area contributed by atoms with Gasteiger partial charge in [0.25, 0.3) is 0 Å². The van der Waals surface area contributed by atoms with E-state index in [0.717, 1.165) is 18.4 Å². The van der Waals surface area contributed by atoms with E-state index in [0.29, 0.717) is 10.2 Å². The van der Waals surface area contributed by atoms with E-state index >= 15 is 0 Å². The van der Waals surface area contributed by atoms with Gasteiger partial charge in [0.05, 0.1) is 4.47 Å². The van der Waals surface area contributed by atoms with Gasteiger partial charge in [0.15, 0.2) is 0 Å². The van der Waals surface area contributed by atoms with E-state index in [1.54, 1.807) is 6.07 Å². The number of halogens is 2. The Kier molecular flexibility index (Phi) is 5.12. The van der Waals surface area contributed by atoms with E-state index in [2.05, 4.69) is 21.2 Å². The number of rotatable bonds is 4. The number of hydrogen-bond donors (Lipinski definition) is 1.